The average Bonchev–Trinajstić information content (AvgIpc) is 2.86. The van der Waals surface area contributed by atoms with Gasteiger partial charge in [0.15, 0.2) is 0 Å². The summed E-state index contributed by atoms with van der Waals surface area (Å²) in [5.74, 6) is -0.191. The first-order valence-electron chi connectivity index (χ1n) is 6.74. The molecule has 108 valence electrons. The SMILES string of the molecule is CCNCc1nc(CN(C)Cc2ccc(F)cc2)cs1. The van der Waals surface area contributed by atoms with E-state index in [2.05, 4.69) is 27.5 Å². The van der Waals surface area contributed by atoms with Gasteiger partial charge in [0.05, 0.1) is 5.69 Å². The Morgan fingerprint density at radius 2 is 2.00 bits per heavy atom. The molecule has 0 saturated carbocycles. The van der Waals surface area contributed by atoms with Crippen molar-refractivity contribution in [2.24, 2.45) is 0 Å². The number of halogens is 1. The van der Waals surface area contributed by atoms with Crippen molar-refractivity contribution in [2.75, 3.05) is 13.6 Å². The summed E-state index contributed by atoms with van der Waals surface area (Å²) in [6, 6.07) is 6.65. The molecule has 1 aromatic carbocycles. The highest BCUT2D eigenvalue weighted by Gasteiger charge is 2.06. The van der Waals surface area contributed by atoms with Crippen molar-refractivity contribution in [2.45, 2.75) is 26.6 Å². The van der Waals surface area contributed by atoms with Crippen LogP contribution in [-0.2, 0) is 19.6 Å². The second-order valence-corrected chi connectivity index (χ2v) is 5.75. The highest BCUT2D eigenvalue weighted by Crippen LogP contribution is 2.13. The van der Waals surface area contributed by atoms with E-state index in [1.54, 1.807) is 11.3 Å². The van der Waals surface area contributed by atoms with Gasteiger partial charge >= 0.3 is 0 Å². The lowest BCUT2D eigenvalue weighted by molar-refractivity contribution is 0.315. The van der Waals surface area contributed by atoms with Crippen LogP contribution in [0.3, 0.4) is 0 Å². The molecule has 0 atom stereocenters. The molecule has 0 bridgehead atoms. The molecule has 3 nitrogen and oxygen atoms in total. The molecule has 0 fully saturated rings. The maximum absolute atomic E-state index is 12.8. The largest absolute Gasteiger partial charge is 0.311 e. The molecule has 5 heteroatoms. The molecule has 1 heterocycles. The fourth-order valence-corrected chi connectivity index (χ4v) is 2.72. The van der Waals surface area contributed by atoms with Gasteiger partial charge in [0.25, 0.3) is 0 Å². The van der Waals surface area contributed by atoms with E-state index in [-0.39, 0.29) is 5.82 Å². The van der Waals surface area contributed by atoms with E-state index in [4.69, 9.17) is 0 Å². The molecule has 2 rings (SSSR count). The standard InChI is InChI=1S/C15H20FN3S/c1-3-17-8-15-18-14(11-20-15)10-19(2)9-12-4-6-13(16)7-5-12/h4-7,11,17H,3,8-10H2,1-2H3. The topological polar surface area (TPSA) is 28.2 Å². The Morgan fingerprint density at radius 3 is 2.70 bits per heavy atom. The van der Waals surface area contributed by atoms with Crippen LogP contribution in [0.4, 0.5) is 4.39 Å². The smallest absolute Gasteiger partial charge is 0.123 e. The van der Waals surface area contributed by atoms with Crippen molar-refractivity contribution in [3.8, 4) is 0 Å². The van der Waals surface area contributed by atoms with Crippen molar-refractivity contribution < 1.29 is 4.39 Å². The second kappa shape index (κ2) is 7.47. The van der Waals surface area contributed by atoms with Crippen LogP contribution in [0.2, 0.25) is 0 Å². The van der Waals surface area contributed by atoms with Crippen LogP contribution < -0.4 is 5.32 Å². The summed E-state index contributed by atoms with van der Waals surface area (Å²) in [6.45, 7) is 5.48. The molecule has 0 aliphatic rings. The van der Waals surface area contributed by atoms with Crippen molar-refractivity contribution in [1.29, 1.82) is 0 Å². The molecule has 0 radical (unpaired) electrons. The van der Waals surface area contributed by atoms with Gasteiger partial charge in [0, 0.05) is 25.0 Å². The van der Waals surface area contributed by atoms with Crippen molar-refractivity contribution in [3.05, 3.63) is 51.7 Å². The number of aromatic nitrogens is 1. The van der Waals surface area contributed by atoms with Crippen LogP contribution in [0.25, 0.3) is 0 Å². The van der Waals surface area contributed by atoms with Crippen LogP contribution in [0, 0.1) is 5.82 Å². The van der Waals surface area contributed by atoms with Crippen molar-refractivity contribution >= 4 is 11.3 Å². The molecular formula is C15H20FN3S. The Kier molecular flexibility index (Phi) is 5.64. The number of nitrogens with zero attached hydrogens (tertiary/aromatic N) is 2. The second-order valence-electron chi connectivity index (χ2n) is 4.81. The lowest BCUT2D eigenvalue weighted by Crippen LogP contribution is -2.17. The fraction of sp³-hybridized carbons (Fsp3) is 0.400. The predicted octanol–water partition coefficient (Wildman–Crippen LogP) is 3.02. The zero-order valence-corrected chi connectivity index (χ0v) is 12.7. The molecule has 20 heavy (non-hydrogen) atoms. The number of rotatable bonds is 7. The quantitative estimate of drug-likeness (QED) is 0.850. The maximum Gasteiger partial charge on any atom is 0.123 e. The maximum atomic E-state index is 12.8. The van der Waals surface area contributed by atoms with Crippen molar-refractivity contribution in [1.82, 2.24) is 15.2 Å². The Bertz CT molecular complexity index is 524. The molecule has 0 aliphatic heterocycles. The van der Waals surface area contributed by atoms with Gasteiger partial charge in [-0.15, -0.1) is 11.3 Å². The molecule has 0 aliphatic carbocycles. The minimum atomic E-state index is -0.191. The third-order valence-corrected chi connectivity index (χ3v) is 3.82. The van der Waals surface area contributed by atoms with Gasteiger partial charge in [-0.1, -0.05) is 19.1 Å². The summed E-state index contributed by atoms with van der Waals surface area (Å²) in [4.78, 5) is 6.78. The third-order valence-electron chi connectivity index (χ3n) is 2.92. The zero-order valence-electron chi connectivity index (χ0n) is 11.9. The minimum Gasteiger partial charge on any atom is -0.311 e. The van der Waals surface area contributed by atoms with Gasteiger partial charge < -0.3 is 5.32 Å². The first-order valence-corrected chi connectivity index (χ1v) is 7.62. The van der Waals surface area contributed by atoms with E-state index in [9.17, 15) is 4.39 Å². The lowest BCUT2D eigenvalue weighted by atomic mass is 10.2. The van der Waals surface area contributed by atoms with Crippen LogP contribution in [0.1, 0.15) is 23.2 Å². The third kappa shape index (κ3) is 4.67. The van der Waals surface area contributed by atoms with E-state index in [0.29, 0.717) is 0 Å². The van der Waals surface area contributed by atoms with Gasteiger partial charge in [-0.25, -0.2) is 9.37 Å². The Labute approximate surface area is 123 Å². The summed E-state index contributed by atoms with van der Waals surface area (Å²) in [5.41, 5.74) is 2.20. The van der Waals surface area contributed by atoms with E-state index < -0.39 is 0 Å². The number of hydrogen-bond acceptors (Lipinski definition) is 4. The predicted molar refractivity (Wildman–Crippen MR) is 81.1 cm³/mol. The summed E-state index contributed by atoms with van der Waals surface area (Å²) in [5, 5.41) is 6.50. The molecular weight excluding hydrogens is 273 g/mol. The number of benzene rings is 1. The first kappa shape index (κ1) is 15.1. The first-order chi connectivity index (χ1) is 9.67. The van der Waals surface area contributed by atoms with E-state index in [1.807, 2.05) is 19.2 Å². The Morgan fingerprint density at radius 1 is 1.25 bits per heavy atom. The molecule has 0 amide bonds. The van der Waals surface area contributed by atoms with E-state index in [1.165, 1.54) is 12.1 Å². The summed E-state index contributed by atoms with van der Waals surface area (Å²) >= 11 is 1.69. The summed E-state index contributed by atoms with van der Waals surface area (Å²) in [7, 11) is 2.05. The van der Waals surface area contributed by atoms with Gasteiger partial charge in [0.1, 0.15) is 10.8 Å². The molecule has 0 saturated heterocycles. The fourth-order valence-electron chi connectivity index (χ4n) is 1.97. The lowest BCUT2D eigenvalue weighted by Gasteiger charge is -2.15. The van der Waals surface area contributed by atoms with Crippen LogP contribution >= 0.6 is 11.3 Å². The normalized spacial score (nSPS) is 11.2. The molecule has 1 aromatic heterocycles. The number of nitrogens with one attached hydrogen (secondary N) is 1. The number of thiazole rings is 1. The molecule has 0 spiro atoms. The highest BCUT2D eigenvalue weighted by atomic mass is 32.1. The average molecular weight is 293 g/mol. The van der Waals surface area contributed by atoms with Crippen LogP contribution in [0.5, 0.6) is 0 Å². The molecule has 1 N–H and O–H groups in total. The Hall–Kier alpha value is -1.30. The van der Waals surface area contributed by atoms with Gasteiger partial charge in [-0.3, -0.25) is 4.90 Å². The van der Waals surface area contributed by atoms with E-state index >= 15 is 0 Å². The summed E-state index contributed by atoms with van der Waals surface area (Å²) < 4.78 is 12.8. The minimum absolute atomic E-state index is 0.191. The molecule has 2 aromatic rings. The van der Waals surface area contributed by atoms with Crippen LogP contribution in [0.15, 0.2) is 29.6 Å². The van der Waals surface area contributed by atoms with Crippen molar-refractivity contribution in [3.63, 3.8) is 0 Å². The zero-order chi connectivity index (χ0) is 14.4. The monoisotopic (exact) mass is 293 g/mol. The van der Waals surface area contributed by atoms with Gasteiger partial charge in [-0.2, -0.15) is 0 Å². The highest BCUT2D eigenvalue weighted by molar-refractivity contribution is 7.09. The van der Waals surface area contributed by atoms with Gasteiger partial charge in [-0.05, 0) is 31.3 Å². The van der Waals surface area contributed by atoms with Gasteiger partial charge in [0.2, 0.25) is 0 Å². The Balaban J connectivity index is 1.86. The number of hydrogen-bond donors (Lipinski definition) is 1. The van der Waals surface area contributed by atoms with E-state index in [0.717, 1.165) is 42.4 Å². The molecule has 0 unspecified atom stereocenters. The van der Waals surface area contributed by atoms with Crippen LogP contribution in [-0.4, -0.2) is 23.5 Å². The summed E-state index contributed by atoms with van der Waals surface area (Å²) in [6.07, 6.45) is 0.